The van der Waals surface area contributed by atoms with Gasteiger partial charge < -0.3 is 9.88 Å². The van der Waals surface area contributed by atoms with Gasteiger partial charge in [-0.1, -0.05) is 0 Å². The summed E-state index contributed by atoms with van der Waals surface area (Å²) in [4.78, 5) is 15.7. The van der Waals surface area contributed by atoms with Gasteiger partial charge in [-0.2, -0.15) is 11.3 Å². The van der Waals surface area contributed by atoms with Gasteiger partial charge in [-0.25, -0.2) is 4.98 Å². The van der Waals surface area contributed by atoms with Crippen molar-refractivity contribution in [2.24, 2.45) is 0 Å². The summed E-state index contributed by atoms with van der Waals surface area (Å²) in [5, 5.41) is 7.12. The highest BCUT2D eigenvalue weighted by molar-refractivity contribution is 7.07. The lowest BCUT2D eigenvalue weighted by Gasteiger charge is -2.14. The molecule has 96 valence electrons. The van der Waals surface area contributed by atoms with E-state index in [1.165, 1.54) is 5.56 Å². The number of rotatable bonds is 6. The number of thiophene rings is 1. The summed E-state index contributed by atoms with van der Waals surface area (Å²) in [6.07, 6.45) is 6.76. The molecule has 0 aliphatic carbocycles. The number of carbonyl (C=O) groups is 1. The van der Waals surface area contributed by atoms with Crippen molar-refractivity contribution < 1.29 is 4.79 Å². The molecule has 2 rings (SSSR count). The Morgan fingerprint density at radius 2 is 2.50 bits per heavy atom. The smallest absolute Gasteiger partial charge is 0.220 e. The molecule has 18 heavy (non-hydrogen) atoms. The van der Waals surface area contributed by atoms with Crippen LogP contribution in [-0.4, -0.2) is 21.5 Å². The van der Waals surface area contributed by atoms with E-state index in [2.05, 4.69) is 21.7 Å². The lowest BCUT2D eigenvalue weighted by molar-refractivity contribution is -0.121. The van der Waals surface area contributed by atoms with Crippen molar-refractivity contribution in [3.8, 4) is 0 Å². The molecule has 4 nitrogen and oxygen atoms in total. The number of aryl methyl sites for hydroxylation is 1. The van der Waals surface area contributed by atoms with E-state index < -0.39 is 0 Å². The Morgan fingerprint density at radius 1 is 1.61 bits per heavy atom. The highest BCUT2D eigenvalue weighted by atomic mass is 32.1. The molecule has 2 heterocycles. The van der Waals surface area contributed by atoms with Gasteiger partial charge in [-0.3, -0.25) is 4.79 Å². The Labute approximate surface area is 111 Å². The standard InChI is InChI=1S/C13H17N3OS/c1-11(8-16-6-5-14-10-16)15-13(17)3-2-12-4-7-18-9-12/h4-7,9-11H,2-3,8H2,1H3,(H,15,17)/t11-/m1/s1. The van der Waals surface area contributed by atoms with Crippen LogP contribution >= 0.6 is 11.3 Å². The third kappa shape index (κ3) is 4.00. The van der Waals surface area contributed by atoms with Gasteiger partial charge in [0.15, 0.2) is 0 Å². The zero-order valence-electron chi connectivity index (χ0n) is 10.4. The van der Waals surface area contributed by atoms with Crippen LogP contribution in [0.1, 0.15) is 18.9 Å². The fourth-order valence-electron chi connectivity index (χ4n) is 1.80. The molecule has 0 radical (unpaired) electrons. The highest BCUT2D eigenvalue weighted by Crippen LogP contribution is 2.08. The van der Waals surface area contributed by atoms with E-state index in [4.69, 9.17) is 0 Å². The minimum atomic E-state index is 0.105. The number of amides is 1. The van der Waals surface area contributed by atoms with Gasteiger partial charge in [-0.15, -0.1) is 0 Å². The topological polar surface area (TPSA) is 46.9 Å². The second-order valence-corrected chi connectivity index (χ2v) is 5.14. The number of nitrogens with one attached hydrogen (secondary N) is 1. The van der Waals surface area contributed by atoms with Crippen molar-refractivity contribution in [3.05, 3.63) is 41.1 Å². The number of hydrogen-bond acceptors (Lipinski definition) is 3. The fraction of sp³-hybridized carbons (Fsp3) is 0.385. The molecular weight excluding hydrogens is 246 g/mol. The van der Waals surface area contributed by atoms with E-state index in [0.717, 1.165) is 13.0 Å². The second-order valence-electron chi connectivity index (χ2n) is 4.36. The van der Waals surface area contributed by atoms with Gasteiger partial charge in [0.2, 0.25) is 5.91 Å². The van der Waals surface area contributed by atoms with Crippen molar-refractivity contribution >= 4 is 17.2 Å². The van der Waals surface area contributed by atoms with Crippen LogP contribution in [-0.2, 0) is 17.8 Å². The summed E-state index contributed by atoms with van der Waals surface area (Å²) in [6.45, 7) is 2.76. The van der Waals surface area contributed by atoms with Crippen molar-refractivity contribution in [2.75, 3.05) is 0 Å². The summed E-state index contributed by atoms with van der Waals surface area (Å²) in [5.74, 6) is 0.105. The predicted molar refractivity (Wildman–Crippen MR) is 72.5 cm³/mol. The maximum atomic E-state index is 11.7. The maximum absolute atomic E-state index is 11.7. The van der Waals surface area contributed by atoms with Crippen LogP contribution in [0.3, 0.4) is 0 Å². The van der Waals surface area contributed by atoms with Crippen molar-refractivity contribution in [3.63, 3.8) is 0 Å². The SMILES string of the molecule is C[C@H](Cn1ccnc1)NC(=O)CCc1ccsc1. The molecular formula is C13H17N3OS. The molecule has 1 amide bonds. The van der Waals surface area contributed by atoms with Crippen molar-refractivity contribution in [1.82, 2.24) is 14.9 Å². The summed E-state index contributed by atoms with van der Waals surface area (Å²) >= 11 is 1.67. The van der Waals surface area contributed by atoms with Crippen molar-refractivity contribution in [2.45, 2.75) is 32.4 Å². The van der Waals surface area contributed by atoms with Crippen LogP contribution in [0, 0.1) is 0 Å². The molecule has 1 N–H and O–H groups in total. The van der Waals surface area contributed by atoms with E-state index in [1.807, 2.05) is 23.1 Å². The van der Waals surface area contributed by atoms with Gasteiger partial charge >= 0.3 is 0 Å². The molecule has 0 bridgehead atoms. The quantitative estimate of drug-likeness (QED) is 0.867. The molecule has 0 aromatic carbocycles. The molecule has 0 aliphatic rings. The first-order valence-electron chi connectivity index (χ1n) is 6.00. The van der Waals surface area contributed by atoms with E-state index in [-0.39, 0.29) is 11.9 Å². The largest absolute Gasteiger partial charge is 0.352 e. The van der Waals surface area contributed by atoms with Crippen LogP contribution in [0.5, 0.6) is 0 Å². The Hall–Kier alpha value is -1.62. The van der Waals surface area contributed by atoms with E-state index in [9.17, 15) is 4.79 Å². The average Bonchev–Trinajstić information content (AvgIpc) is 2.98. The van der Waals surface area contributed by atoms with Crippen LogP contribution in [0.4, 0.5) is 0 Å². The Balaban J connectivity index is 1.70. The van der Waals surface area contributed by atoms with Gasteiger partial charge in [0.25, 0.3) is 0 Å². The second kappa shape index (κ2) is 6.35. The van der Waals surface area contributed by atoms with Crippen LogP contribution in [0.15, 0.2) is 35.5 Å². The molecule has 1 atom stereocenters. The molecule has 0 saturated carbocycles. The average molecular weight is 263 g/mol. The normalized spacial score (nSPS) is 12.3. The summed E-state index contributed by atoms with van der Waals surface area (Å²) in [6, 6.07) is 2.18. The monoisotopic (exact) mass is 263 g/mol. The highest BCUT2D eigenvalue weighted by Gasteiger charge is 2.08. The molecule has 0 unspecified atom stereocenters. The lowest BCUT2D eigenvalue weighted by Crippen LogP contribution is -2.35. The molecule has 2 aromatic rings. The number of carbonyl (C=O) groups excluding carboxylic acids is 1. The fourth-order valence-corrected chi connectivity index (χ4v) is 2.50. The summed E-state index contributed by atoms with van der Waals surface area (Å²) in [5.41, 5.74) is 1.23. The summed E-state index contributed by atoms with van der Waals surface area (Å²) in [7, 11) is 0. The molecule has 0 spiro atoms. The first kappa shape index (κ1) is 12.8. The Morgan fingerprint density at radius 3 is 3.17 bits per heavy atom. The van der Waals surface area contributed by atoms with E-state index in [1.54, 1.807) is 23.9 Å². The molecule has 0 saturated heterocycles. The molecule has 0 fully saturated rings. The minimum Gasteiger partial charge on any atom is -0.352 e. The van der Waals surface area contributed by atoms with Gasteiger partial charge in [0.1, 0.15) is 0 Å². The molecule has 5 heteroatoms. The van der Waals surface area contributed by atoms with Crippen LogP contribution in [0.2, 0.25) is 0 Å². The van der Waals surface area contributed by atoms with Crippen LogP contribution < -0.4 is 5.32 Å². The first-order valence-corrected chi connectivity index (χ1v) is 6.94. The van der Waals surface area contributed by atoms with Gasteiger partial charge in [0, 0.05) is 31.4 Å². The van der Waals surface area contributed by atoms with Crippen LogP contribution in [0.25, 0.3) is 0 Å². The van der Waals surface area contributed by atoms with Gasteiger partial charge in [-0.05, 0) is 35.7 Å². The number of nitrogens with zero attached hydrogens (tertiary/aromatic N) is 2. The van der Waals surface area contributed by atoms with Crippen molar-refractivity contribution in [1.29, 1.82) is 0 Å². The number of aromatic nitrogens is 2. The van der Waals surface area contributed by atoms with E-state index in [0.29, 0.717) is 6.42 Å². The molecule has 0 aliphatic heterocycles. The lowest BCUT2D eigenvalue weighted by atomic mass is 10.2. The third-order valence-electron chi connectivity index (χ3n) is 2.67. The van der Waals surface area contributed by atoms with E-state index >= 15 is 0 Å². The van der Waals surface area contributed by atoms with Gasteiger partial charge in [0.05, 0.1) is 6.33 Å². The Kier molecular flexibility index (Phi) is 4.52. The predicted octanol–water partition coefficient (Wildman–Crippen LogP) is 2.08. The zero-order chi connectivity index (χ0) is 12.8. The third-order valence-corrected chi connectivity index (χ3v) is 3.40. The minimum absolute atomic E-state index is 0.105. The Bertz CT molecular complexity index is 464. The number of imidazole rings is 1. The zero-order valence-corrected chi connectivity index (χ0v) is 11.2. The number of hydrogen-bond donors (Lipinski definition) is 1. The molecule has 2 aromatic heterocycles. The summed E-state index contributed by atoms with van der Waals surface area (Å²) < 4.78 is 1.96. The maximum Gasteiger partial charge on any atom is 0.220 e. The first-order chi connectivity index (χ1) is 8.74.